The fourth-order valence-corrected chi connectivity index (χ4v) is 1.09. The molecule has 0 aliphatic heterocycles. The van der Waals surface area contributed by atoms with Crippen molar-refractivity contribution in [3.05, 3.63) is 35.4 Å². The van der Waals surface area contributed by atoms with Gasteiger partial charge in [-0.2, -0.15) is 26.3 Å². The molecule has 0 aliphatic rings. The number of aliphatic hydroxyl groups excluding tert-OH is 1. The van der Waals surface area contributed by atoms with Crippen LogP contribution in [0.3, 0.4) is 0 Å². The molecule has 1 N–H and O–H groups in total. The minimum Gasteiger partial charge on any atom is -0.376 e. The fraction of sp³-hybridized carbons (Fsp3) is 0.273. The van der Waals surface area contributed by atoms with Gasteiger partial charge in [-0.3, -0.25) is 0 Å². The molecule has 18 heavy (non-hydrogen) atoms. The van der Waals surface area contributed by atoms with Gasteiger partial charge in [-0.1, -0.05) is 18.1 Å². The van der Waals surface area contributed by atoms with Gasteiger partial charge >= 0.3 is 12.4 Å². The second kappa shape index (κ2) is 4.90. The third kappa shape index (κ3) is 4.30. The van der Waals surface area contributed by atoms with Crippen molar-refractivity contribution in [3.63, 3.8) is 0 Å². The van der Waals surface area contributed by atoms with E-state index in [1.807, 2.05) is 0 Å². The molecule has 0 fully saturated rings. The van der Waals surface area contributed by atoms with Crippen molar-refractivity contribution in [2.75, 3.05) is 0 Å². The van der Waals surface area contributed by atoms with Crippen LogP contribution in [0.5, 0.6) is 0 Å². The van der Waals surface area contributed by atoms with Crippen molar-refractivity contribution in [3.8, 4) is 11.8 Å². The summed E-state index contributed by atoms with van der Waals surface area (Å²) in [5, 5.41) is 9.22. The summed E-state index contributed by atoms with van der Waals surface area (Å²) < 4.78 is 71.7. The van der Waals surface area contributed by atoms with Crippen molar-refractivity contribution in [2.24, 2.45) is 0 Å². The van der Waals surface area contributed by atoms with Gasteiger partial charge in [0.05, 0.1) is 5.56 Å². The summed E-state index contributed by atoms with van der Waals surface area (Å²) in [5.74, 6) is 2.34. The molecule has 7 heteroatoms. The first kappa shape index (κ1) is 14.4. The quantitative estimate of drug-likeness (QED) is 0.612. The summed E-state index contributed by atoms with van der Waals surface area (Å²) in [7, 11) is 0. The molecule has 0 aromatic heterocycles. The van der Waals surface area contributed by atoms with Crippen LogP contribution >= 0.6 is 0 Å². The highest BCUT2D eigenvalue weighted by atomic mass is 19.4. The topological polar surface area (TPSA) is 20.2 Å². The Bertz CT molecular complexity index is 460. The van der Waals surface area contributed by atoms with Gasteiger partial charge in [0.25, 0.3) is 0 Å². The highest BCUT2D eigenvalue weighted by molar-refractivity contribution is 5.30. The number of hydrogen-bond donors (Lipinski definition) is 1. The average molecular weight is 268 g/mol. The van der Waals surface area contributed by atoms with Gasteiger partial charge in [-0.15, -0.1) is 0 Å². The lowest BCUT2D eigenvalue weighted by Crippen LogP contribution is -2.06. The molecule has 0 saturated carbocycles. The van der Waals surface area contributed by atoms with Crippen molar-refractivity contribution in [2.45, 2.75) is 18.5 Å². The van der Waals surface area contributed by atoms with Crippen LogP contribution in [0.15, 0.2) is 24.3 Å². The van der Waals surface area contributed by atoms with Gasteiger partial charge < -0.3 is 5.11 Å². The maximum absolute atomic E-state index is 12.2. The predicted molar refractivity (Wildman–Crippen MR) is 50.2 cm³/mol. The highest BCUT2D eigenvalue weighted by Crippen LogP contribution is 2.29. The first-order valence-corrected chi connectivity index (χ1v) is 4.54. The smallest absolute Gasteiger partial charge is 0.376 e. The third-order valence-electron chi connectivity index (χ3n) is 1.90. The summed E-state index contributed by atoms with van der Waals surface area (Å²) in [6.07, 6.45) is -11.1. The summed E-state index contributed by atoms with van der Waals surface area (Å²) in [4.78, 5) is 0. The average Bonchev–Trinajstić information content (AvgIpc) is 2.24. The Kier molecular flexibility index (Phi) is 3.92. The third-order valence-corrected chi connectivity index (χ3v) is 1.90. The molecule has 1 atom stereocenters. The van der Waals surface area contributed by atoms with Gasteiger partial charge in [0, 0.05) is 5.92 Å². The minimum absolute atomic E-state index is 0.139. The van der Waals surface area contributed by atoms with E-state index in [9.17, 15) is 31.4 Å². The van der Waals surface area contributed by atoms with E-state index in [0.717, 1.165) is 18.1 Å². The van der Waals surface area contributed by atoms with Gasteiger partial charge in [0.2, 0.25) is 0 Å². The van der Waals surface area contributed by atoms with Crippen LogP contribution < -0.4 is 0 Å². The Morgan fingerprint density at radius 1 is 0.944 bits per heavy atom. The fourth-order valence-electron chi connectivity index (χ4n) is 1.09. The van der Waals surface area contributed by atoms with Crippen molar-refractivity contribution in [1.82, 2.24) is 0 Å². The Labute approximate surface area is 98.0 Å². The standard InChI is InChI=1S/C11H6F6O/c12-10(13,14)6-5-9(18)7-1-3-8(4-2-7)11(15,16)17/h1-4,9,18H. The second-order valence-corrected chi connectivity index (χ2v) is 3.29. The minimum atomic E-state index is -4.76. The molecule has 0 amide bonds. The zero-order chi connectivity index (χ0) is 14.0. The van der Waals surface area contributed by atoms with Crippen molar-refractivity contribution < 1.29 is 31.4 Å². The molecular weight excluding hydrogens is 262 g/mol. The van der Waals surface area contributed by atoms with Crippen LogP contribution in [0.1, 0.15) is 17.2 Å². The molecule has 0 bridgehead atoms. The Morgan fingerprint density at radius 3 is 1.83 bits per heavy atom. The lowest BCUT2D eigenvalue weighted by atomic mass is 10.1. The van der Waals surface area contributed by atoms with Gasteiger partial charge in [0.15, 0.2) is 0 Å². The van der Waals surface area contributed by atoms with Crippen LogP contribution in [0.25, 0.3) is 0 Å². The normalized spacial score (nSPS) is 13.7. The Balaban J connectivity index is 2.89. The summed E-state index contributed by atoms with van der Waals surface area (Å²) in [6.45, 7) is 0. The van der Waals surface area contributed by atoms with E-state index in [1.54, 1.807) is 0 Å². The number of alkyl halides is 6. The first-order chi connectivity index (χ1) is 8.09. The summed E-state index contributed by atoms with van der Waals surface area (Å²) in [6, 6.07) is 3.07. The van der Waals surface area contributed by atoms with E-state index in [-0.39, 0.29) is 5.56 Å². The molecule has 1 aromatic rings. The second-order valence-electron chi connectivity index (χ2n) is 3.29. The number of benzene rings is 1. The Hall–Kier alpha value is -1.68. The van der Waals surface area contributed by atoms with Crippen LogP contribution in [0.2, 0.25) is 0 Å². The van der Waals surface area contributed by atoms with Crippen molar-refractivity contribution in [1.29, 1.82) is 0 Å². The lowest BCUT2D eigenvalue weighted by molar-refractivity contribution is -0.137. The molecule has 0 heterocycles. The van der Waals surface area contributed by atoms with E-state index in [2.05, 4.69) is 0 Å². The van der Waals surface area contributed by atoms with Crippen LogP contribution in [0, 0.1) is 11.8 Å². The van der Waals surface area contributed by atoms with Gasteiger partial charge in [-0.05, 0) is 17.7 Å². The monoisotopic (exact) mass is 268 g/mol. The highest BCUT2D eigenvalue weighted by Gasteiger charge is 2.30. The maximum Gasteiger partial charge on any atom is 0.457 e. The molecule has 98 valence electrons. The Morgan fingerprint density at radius 2 is 1.44 bits per heavy atom. The summed E-state index contributed by atoms with van der Waals surface area (Å²) in [5.41, 5.74) is -1.10. The number of rotatable bonds is 1. The molecule has 0 aliphatic carbocycles. The van der Waals surface area contributed by atoms with Gasteiger partial charge in [0.1, 0.15) is 6.10 Å². The largest absolute Gasteiger partial charge is 0.457 e. The molecule has 0 radical (unpaired) electrons. The van der Waals surface area contributed by atoms with E-state index in [1.165, 1.54) is 5.92 Å². The molecule has 1 nitrogen and oxygen atoms in total. The molecule has 1 aromatic carbocycles. The van der Waals surface area contributed by atoms with E-state index in [4.69, 9.17) is 0 Å². The van der Waals surface area contributed by atoms with Gasteiger partial charge in [-0.25, -0.2) is 0 Å². The van der Waals surface area contributed by atoms with Crippen molar-refractivity contribution >= 4 is 0 Å². The van der Waals surface area contributed by atoms with E-state index in [0.29, 0.717) is 12.1 Å². The molecular formula is C11H6F6O. The number of aliphatic hydroxyl groups is 1. The number of hydrogen-bond acceptors (Lipinski definition) is 1. The zero-order valence-electron chi connectivity index (χ0n) is 8.60. The maximum atomic E-state index is 12.2. The molecule has 0 spiro atoms. The zero-order valence-corrected chi connectivity index (χ0v) is 8.60. The van der Waals surface area contributed by atoms with Crippen LogP contribution in [-0.4, -0.2) is 11.3 Å². The van der Waals surface area contributed by atoms with Crippen LogP contribution in [-0.2, 0) is 6.18 Å². The first-order valence-electron chi connectivity index (χ1n) is 4.54. The SMILES string of the molecule is OC(C#CC(F)(F)F)c1ccc(C(F)(F)F)cc1. The number of halogens is 6. The van der Waals surface area contributed by atoms with Crippen LogP contribution in [0.4, 0.5) is 26.3 Å². The molecule has 1 unspecified atom stereocenters. The lowest BCUT2D eigenvalue weighted by Gasteiger charge is -2.08. The molecule has 0 saturated heterocycles. The van der Waals surface area contributed by atoms with E-state index >= 15 is 0 Å². The molecule has 1 rings (SSSR count). The van der Waals surface area contributed by atoms with E-state index < -0.39 is 24.0 Å². The summed E-state index contributed by atoms with van der Waals surface area (Å²) >= 11 is 0. The predicted octanol–water partition coefficient (Wildman–Crippen LogP) is 3.30.